The lowest BCUT2D eigenvalue weighted by Gasteiger charge is -2.18. The van der Waals surface area contributed by atoms with E-state index in [-0.39, 0.29) is 12.8 Å². The van der Waals surface area contributed by atoms with Gasteiger partial charge in [0.05, 0.1) is 0 Å². The molecule has 23 heavy (non-hydrogen) atoms. The van der Waals surface area contributed by atoms with E-state index >= 15 is 0 Å². The minimum atomic E-state index is -0.164. The molecular formula is C17H17ClN2O3. The van der Waals surface area contributed by atoms with E-state index in [2.05, 4.69) is 5.32 Å². The van der Waals surface area contributed by atoms with E-state index in [4.69, 9.17) is 21.1 Å². The Morgan fingerprint density at radius 1 is 1.22 bits per heavy atom. The summed E-state index contributed by atoms with van der Waals surface area (Å²) in [6.07, 6.45) is 0. The van der Waals surface area contributed by atoms with Crippen molar-refractivity contribution < 1.29 is 14.3 Å². The number of halogens is 1. The van der Waals surface area contributed by atoms with E-state index in [9.17, 15) is 4.79 Å². The van der Waals surface area contributed by atoms with Gasteiger partial charge in [-0.2, -0.15) is 0 Å². The molecule has 1 aliphatic heterocycles. The number of nitrogens with one attached hydrogen (secondary N) is 1. The lowest BCUT2D eigenvalue weighted by atomic mass is 10.2. The first-order valence-electron chi connectivity index (χ1n) is 7.24. The number of ether oxygens (including phenoxy) is 2. The topological polar surface area (TPSA) is 50.8 Å². The summed E-state index contributed by atoms with van der Waals surface area (Å²) < 4.78 is 10.6. The molecule has 0 aromatic heterocycles. The minimum Gasteiger partial charge on any atom is -0.454 e. The van der Waals surface area contributed by atoms with Crippen LogP contribution in [0.5, 0.6) is 11.5 Å². The van der Waals surface area contributed by atoms with Crippen molar-refractivity contribution in [1.29, 1.82) is 0 Å². The van der Waals surface area contributed by atoms with Gasteiger partial charge in [0.2, 0.25) is 6.79 Å². The van der Waals surface area contributed by atoms with Crippen LogP contribution in [0.4, 0.5) is 4.79 Å². The zero-order valence-electron chi connectivity index (χ0n) is 12.7. The van der Waals surface area contributed by atoms with Crippen LogP contribution in [0.15, 0.2) is 42.5 Å². The van der Waals surface area contributed by atoms with Gasteiger partial charge in [0.15, 0.2) is 11.5 Å². The zero-order chi connectivity index (χ0) is 16.2. The Bertz CT molecular complexity index is 721. The third kappa shape index (κ3) is 3.68. The van der Waals surface area contributed by atoms with Crippen molar-refractivity contribution in [2.45, 2.75) is 13.1 Å². The lowest BCUT2D eigenvalue weighted by Crippen LogP contribution is -2.36. The molecule has 1 aliphatic rings. The fourth-order valence-corrected chi connectivity index (χ4v) is 2.54. The number of carbonyl (C=O) groups excluding carboxylic acids is 1. The van der Waals surface area contributed by atoms with E-state index in [1.54, 1.807) is 18.0 Å². The van der Waals surface area contributed by atoms with E-state index in [1.807, 2.05) is 36.4 Å². The number of hydrogen-bond donors (Lipinski definition) is 1. The van der Waals surface area contributed by atoms with Crippen molar-refractivity contribution in [3.05, 3.63) is 58.6 Å². The highest BCUT2D eigenvalue weighted by Gasteiger charge is 2.15. The monoisotopic (exact) mass is 332 g/mol. The summed E-state index contributed by atoms with van der Waals surface area (Å²) in [7, 11) is 1.74. The van der Waals surface area contributed by atoms with E-state index in [0.717, 1.165) is 16.9 Å². The molecule has 0 atom stereocenters. The van der Waals surface area contributed by atoms with Crippen LogP contribution in [0, 0.1) is 0 Å². The first kappa shape index (κ1) is 15.5. The summed E-state index contributed by atoms with van der Waals surface area (Å²) in [4.78, 5) is 13.8. The number of carbonyl (C=O) groups is 1. The first-order chi connectivity index (χ1) is 11.1. The average molecular weight is 333 g/mol. The van der Waals surface area contributed by atoms with Crippen LogP contribution in [0.3, 0.4) is 0 Å². The number of rotatable bonds is 4. The normalized spacial score (nSPS) is 12.1. The summed E-state index contributed by atoms with van der Waals surface area (Å²) >= 11 is 6.08. The van der Waals surface area contributed by atoms with Gasteiger partial charge in [0, 0.05) is 25.2 Å². The molecule has 2 amide bonds. The summed E-state index contributed by atoms with van der Waals surface area (Å²) in [5.74, 6) is 1.45. The Kier molecular flexibility index (Phi) is 4.57. The predicted octanol–water partition coefficient (Wildman–Crippen LogP) is 3.41. The van der Waals surface area contributed by atoms with Crippen molar-refractivity contribution >= 4 is 17.6 Å². The molecule has 3 rings (SSSR count). The molecular weight excluding hydrogens is 316 g/mol. The van der Waals surface area contributed by atoms with Crippen LogP contribution >= 0.6 is 11.6 Å². The van der Waals surface area contributed by atoms with Crippen LogP contribution in [-0.2, 0) is 13.1 Å². The lowest BCUT2D eigenvalue weighted by molar-refractivity contribution is 0.174. The molecule has 0 spiro atoms. The molecule has 0 bridgehead atoms. The van der Waals surface area contributed by atoms with Crippen molar-refractivity contribution in [3.63, 3.8) is 0 Å². The minimum absolute atomic E-state index is 0.164. The molecule has 1 N–H and O–H groups in total. The molecule has 120 valence electrons. The van der Waals surface area contributed by atoms with Crippen molar-refractivity contribution in [2.75, 3.05) is 13.8 Å². The van der Waals surface area contributed by atoms with Gasteiger partial charge in [0.25, 0.3) is 0 Å². The number of urea groups is 1. The third-order valence-corrected chi connectivity index (χ3v) is 3.96. The zero-order valence-corrected chi connectivity index (χ0v) is 13.5. The van der Waals surface area contributed by atoms with Crippen LogP contribution < -0.4 is 14.8 Å². The second-order valence-electron chi connectivity index (χ2n) is 5.29. The number of nitrogens with zero attached hydrogens (tertiary/aromatic N) is 1. The molecule has 0 aliphatic carbocycles. The molecule has 5 nitrogen and oxygen atoms in total. The van der Waals surface area contributed by atoms with Crippen molar-refractivity contribution in [3.8, 4) is 11.5 Å². The first-order valence-corrected chi connectivity index (χ1v) is 7.62. The number of benzene rings is 2. The maximum atomic E-state index is 12.2. The molecule has 2 aromatic rings. The SMILES string of the molecule is CN(Cc1ccc2c(c1)OCO2)C(=O)NCc1ccccc1Cl. The Balaban J connectivity index is 1.56. The van der Waals surface area contributed by atoms with Crippen LogP contribution in [0.2, 0.25) is 5.02 Å². The molecule has 0 saturated heterocycles. The summed E-state index contributed by atoms with van der Waals surface area (Å²) in [5.41, 5.74) is 1.86. The maximum Gasteiger partial charge on any atom is 0.317 e. The Hall–Kier alpha value is -2.40. The van der Waals surface area contributed by atoms with Gasteiger partial charge < -0.3 is 19.7 Å². The summed E-state index contributed by atoms with van der Waals surface area (Å²) in [6, 6.07) is 12.9. The smallest absolute Gasteiger partial charge is 0.317 e. The highest BCUT2D eigenvalue weighted by Crippen LogP contribution is 2.32. The van der Waals surface area contributed by atoms with E-state index in [1.165, 1.54) is 0 Å². The van der Waals surface area contributed by atoms with Gasteiger partial charge in [0.1, 0.15) is 0 Å². The van der Waals surface area contributed by atoms with Gasteiger partial charge in [-0.3, -0.25) is 0 Å². The number of fused-ring (bicyclic) bond motifs is 1. The van der Waals surface area contributed by atoms with Gasteiger partial charge in [-0.05, 0) is 29.3 Å². The summed E-state index contributed by atoms with van der Waals surface area (Å²) in [6.45, 7) is 1.11. The Morgan fingerprint density at radius 2 is 2.00 bits per heavy atom. The number of hydrogen-bond acceptors (Lipinski definition) is 3. The molecule has 2 aromatic carbocycles. The second kappa shape index (κ2) is 6.79. The molecule has 0 saturated carbocycles. The number of amides is 2. The Morgan fingerprint density at radius 3 is 2.83 bits per heavy atom. The van der Waals surface area contributed by atoms with Gasteiger partial charge >= 0.3 is 6.03 Å². The highest BCUT2D eigenvalue weighted by atomic mass is 35.5. The average Bonchev–Trinajstić information content (AvgIpc) is 3.01. The Labute approximate surface area is 139 Å². The van der Waals surface area contributed by atoms with Gasteiger partial charge in [-0.15, -0.1) is 0 Å². The van der Waals surface area contributed by atoms with E-state index in [0.29, 0.717) is 23.9 Å². The maximum absolute atomic E-state index is 12.2. The molecule has 1 heterocycles. The van der Waals surface area contributed by atoms with Crippen molar-refractivity contribution in [1.82, 2.24) is 10.2 Å². The fourth-order valence-electron chi connectivity index (χ4n) is 2.33. The van der Waals surface area contributed by atoms with Crippen LogP contribution in [-0.4, -0.2) is 24.8 Å². The largest absolute Gasteiger partial charge is 0.454 e. The molecule has 0 radical (unpaired) electrons. The fraction of sp³-hybridized carbons (Fsp3) is 0.235. The van der Waals surface area contributed by atoms with Gasteiger partial charge in [-0.25, -0.2) is 4.79 Å². The van der Waals surface area contributed by atoms with Crippen LogP contribution in [0.1, 0.15) is 11.1 Å². The third-order valence-electron chi connectivity index (χ3n) is 3.59. The quantitative estimate of drug-likeness (QED) is 0.933. The molecule has 0 fully saturated rings. The van der Waals surface area contributed by atoms with Crippen molar-refractivity contribution in [2.24, 2.45) is 0 Å². The highest BCUT2D eigenvalue weighted by molar-refractivity contribution is 6.31. The predicted molar refractivity (Wildman–Crippen MR) is 87.7 cm³/mol. The van der Waals surface area contributed by atoms with Crippen LogP contribution in [0.25, 0.3) is 0 Å². The summed E-state index contributed by atoms with van der Waals surface area (Å²) in [5, 5.41) is 3.50. The second-order valence-corrected chi connectivity index (χ2v) is 5.70. The van der Waals surface area contributed by atoms with Gasteiger partial charge in [-0.1, -0.05) is 35.9 Å². The standard InChI is InChI=1S/C17H17ClN2O3/c1-20(10-12-6-7-15-16(8-12)23-11-22-15)17(21)19-9-13-4-2-3-5-14(13)18/h2-8H,9-11H2,1H3,(H,19,21). The molecule has 0 unspecified atom stereocenters. The van der Waals surface area contributed by atoms with E-state index < -0.39 is 0 Å². The molecule has 6 heteroatoms.